The smallest absolute Gasteiger partial charge is 0.313 e. The van der Waals surface area contributed by atoms with Crippen LogP contribution in [-0.4, -0.2) is 23.9 Å². The summed E-state index contributed by atoms with van der Waals surface area (Å²) in [4.78, 5) is 47.4. The van der Waals surface area contributed by atoms with Gasteiger partial charge in [0, 0.05) is 25.7 Å². The summed E-state index contributed by atoms with van der Waals surface area (Å²) in [5.74, 6) is -1.32. The molecule has 0 aliphatic heterocycles. The molecule has 0 spiro atoms. The summed E-state index contributed by atoms with van der Waals surface area (Å²) in [6.45, 7) is 9.05. The van der Waals surface area contributed by atoms with Crippen LogP contribution in [0.25, 0.3) is 0 Å². The summed E-state index contributed by atoms with van der Waals surface area (Å²) in [5.41, 5.74) is 0. The molecule has 0 heterocycles. The highest BCUT2D eigenvalue weighted by atomic mass is 16.6. The molecule has 0 unspecified atom stereocenters. The molecule has 0 atom stereocenters. The van der Waals surface area contributed by atoms with Gasteiger partial charge < -0.3 is 9.47 Å². The maximum atomic E-state index is 11.9. The van der Waals surface area contributed by atoms with E-state index in [1.54, 1.807) is 0 Å². The Balaban J connectivity index is 0. The molecule has 0 aliphatic carbocycles. The maximum Gasteiger partial charge on any atom is 0.313 e. The van der Waals surface area contributed by atoms with Gasteiger partial charge in [-0.25, -0.2) is 0 Å². The lowest BCUT2D eigenvalue weighted by Gasteiger charge is -2.05. The van der Waals surface area contributed by atoms with Crippen LogP contribution in [0.1, 0.15) is 374 Å². The standard InChI is InChI=1S/C34H64O3.C30H58O3/c1-3-5-7-9-11-13-15-17-18-20-22-24-26-28-30-32-34(36)37-33(35)31-29-27-25-23-21-19-16-14-12-10-8-6-4-2;1-3-5-7-9-11-13-15-16-18-20-22-24-26-28-30(32)33-29(31)27-25-23-21-19-17-14-12-10-8-6-4-2/h14,16H,3-13,15,17-32H2,1-2H3;3-28H2,1-2H3/b16-14-;. The van der Waals surface area contributed by atoms with E-state index in [4.69, 9.17) is 9.47 Å². The fraction of sp³-hybridized carbons (Fsp3) is 0.906. The zero-order valence-corrected chi connectivity index (χ0v) is 47.8. The van der Waals surface area contributed by atoms with Crippen molar-refractivity contribution in [1.29, 1.82) is 0 Å². The minimum absolute atomic E-state index is 0.328. The number of carbonyl (C=O) groups is 4. The highest BCUT2D eigenvalue weighted by molar-refractivity contribution is 5.85. The molecular weight excluding hydrogens is 865 g/mol. The zero-order valence-electron chi connectivity index (χ0n) is 47.8. The summed E-state index contributed by atoms with van der Waals surface area (Å²) in [6.07, 6.45) is 69.6. The Morgan fingerprint density at radius 2 is 0.357 bits per heavy atom. The van der Waals surface area contributed by atoms with E-state index in [-0.39, 0.29) is 23.9 Å². The fourth-order valence-corrected chi connectivity index (χ4v) is 9.31. The molecular formula is C64H122O6. The number of allylic oxidation sites excluding steroid dienone is 2. The van der Waals surface area contributed by atoms with Crippen molar-refractivity contribution in [2.45, 2.75) is 374 Å². The molecule has 0 aliphatic rings. The van der Waals surface area contributed by atoms with E-state index >= 15 is 0 Å². The first-order valence-electron chi connectivity index (χ1n) is 31.5. The first-order chi connectivity index (χ1) is 34.4. The summed E-state index contributed by atoms with van der Waals surface area (Å²) in [5, 5.41) is 0. The van der Waals surface area contributed by atoms with Crippen LogP contribution in [0.2, 0.25) is 0 Å². The average molecular weight is 988 g/mol. The minimum atomic E-state index is -0.336. The van der Waals surface area contributed by atoms with Gasteiger partial charge in [-0.3, -0.25) is 19.2 Å². The molecule has 0 bridgehead atoms. The second-order valence-electron chi connectivity index (χ2n) is 21.3. The van der Waals surface area contributed by atoms with Crippen LogP contribution < -0.4 is 0 Å². The van der Waals surface area contributed by atoms with Crippen LogP contribution in [0.3, 0.4) is 0 Å². The number of hydrogen-bond acceptors (Lipinski definition) is 6. The van der Waals surface area contributed by atoms with Crippen molar-refractivity contribution in [2.24, 2.45) is 0 Å². The van der Waals surface area contributed by atoms with Crippen molar-refractivity contribution in [3.63, 3.8) is 0 Å². The molecule has 0 rings (SSSR count). The Bertz CT molecular complexity index is 1100. The Hall–Kier alpha value is -1.98. The van der Waals surface area contributed by atoms with E-state index < -0.39 is 0 Å². The molecule has 0 aromatic rings. The van der Waals surface area contributed by atoms with Crippen LogP contribution in [0, 0.1) is 0 Å². The van der Waals surface area contributed by atoms with Gasteiger partial charge in [-0.1, -0.05) is 310 Å². The monoisotopic (exact) mass is 987 g/mol. The average Bonchev–Trinajstić information content (AvgIpc) is 3.35. The highest BCUT2D eigenvalue weighted by Crippen LogP contribution is 2.17. The molecule has 0 amide bonds. The lowest BCUT2D eigenvalue weighted by molar-refractivity contribution is -0.161. The summed E-state index contributed by atoms with van der Waals surface area (Å²) in [6, 6.07) is 0. The van der Waals surface area contributed by atoms with Crippen molar-refractivity contribution in [3.8, 4) is 0 Å². The lowest BCUT2D eigenvalue weighted by Crippen LogP contribution is -2.11. The number of rotatable bonds is 55. The molecule has 6 heteroatoms. The number of hydrogen-bond donors (Lipinski definition) is 0. The van der Waals surface area contributed by atoms with Crippen molar-refractivity contribution in [3.05, 3.63) is 12.2 Å². The SMILES string of the molecule is CCCCCC/C=C\CCCCCCCC(=O)OC(=O)CCCCCCCCCCCCCCCCC.CCCCCCCCCCCCCCCC(=O)OC(=O)CCCCCCCCCCCCC. The largest absolute Gasteiger partial charge is 0.393 e. The number of carbonyl (C=O) groups excluding carboxylic acids is 4. The van der Waals surface area contributed by atoms with Gasteiger partial charge >= 0.3 is 23.9 Å². The second kappa shape index (κ2) is 63.1. The highest BCUT2D eigenvalue weighted by Gasteiger charge is 2.11. The normalized spacial score (nSPS) is 11.3. The summed E-state index contributed by atoms with van der Waals surface area (Å²) in [7, 11) is 0. The van der Waals surface area contributed by atoms with E-state index in [0.717, 1.165) is 57.8 Å². The van der Waals surface area contributed by atoms with Crippen molar-refractivity contribution in [1.82, 2.24) is 0 Å². The van der Waals surface area contributed by atoms with Gasteiger partial charge in [0.25, 0.3) is 0 Å². The Labute approximate surface area is 437 Å². The Morgan fingerprint density at radius 1 is 0.214 bits per heavy atom. The quantitative estimate of drug-likeness (QED) is 0.0261. The van der Waals surface area contributed by atoms with E-state index in [9.17, 15) is 19.2 Å². The topological polar surface area (TPSA) is 86.7 Å². The van der Waals surface area contributed by atoms with Gasteiger partial charge in [-0.15, -0.1) is 0 Å². The molecule has 70 heavy (non-hydrogen) atoms. The molecule has 6 nitrogen and oxygen atoms in total. The Kier molecular flexibility index (Phi) is 63.2. The van der Waals surface area contributed by atoms with Crippen LogP contribution in [0.5, 0.6) is 0 Å². The third-order valence-electron chi connectivity index (χ3n) is 14.1. The number of ether oxygens (including phenoxy) is 2. The third kappa shape index (κ3) is 64.0. The summed E-state index contributed by atoms with van der Waals surface area (Å²) >= 11 is 0. The molecule has 0 radical (unpaired) electrons. The van der Waals surface area contributed by atoms with Gasteiger partial charge in [0.05, 0.1) is 0 Å². The van der Waals surface area contributed by atoms with Gasteiger partial charge in [0.1, 0.15) is 0 Å². The van der Waals surface area contributed by atoms with Gasteiger partial charge in [-0.2, -0.15) is 0 Å². The number of esters is 4. The summed E-state index contributed by atoms with van der Waals surface area (Å²) < 4.78 is 9.96. The zero-order chi connectivity index (χ0) is 51.3. The lowest BCUT2D eigenvalue weighted by atomic mass is 10.0. The van der Waals surface area contributed by atoms with E-state index in [2.05, 4.69) is 39.8 Å². The van der Waals surface area contributed by atoms with Crippen LogP contribution in [0.4, 0.5) is 0 Å². The molecule has 0 N–H and O–H groups in total. The molecule has 0 fully saturated rings. The first-order valence-corrected chi connectivity index (χ1v) is 31.5. The minimum Gasteiger partial charge on any atom is -0.393 e. The predicted octanol–water partition coefficient (Wildman–Crippen LogP) is 21.8. The van der Waals surface area contributed by atoms with Crippen molar-refractivity contribution in [2.75, 3.05) is 0 Å². The fourth-order valence-electron chi connectivity index (χ4n) is 9.31. The van der Waals surface area contributed by atoms with Gasteiger partial charge in [0.2, 0.25) is 0 Å². The van der Waals surface area contributed by atoms with Gasteiger partial charge in [0.15, 0.2) is 0 Å². The van der Waals surface area contributed by atoms with E-state index in [0.29, 0.717) is 25.7 Å². The molecule has 0 aromatic heterocycles. The van der Waals surface area contributed by atoms with E-state index in [1.165, 1.54) is 263 Å². The van der Waals surface area contributed by atoms with Crippen molar-refractivity contribution < 1.29 is 28.7 Å². The molecule has 0 aromatic carbocycles. The maximum absolute atomic E-state index is 11.9. The third-order valence-corrected chi connectivity index (χ3v) is 14.1. The first kappa shape index (κ1) is 70.1. The van der Waals surface area contributed by atoms with Crippen molar-refractivity contribution >= 4 is 23.9 Å². The molecule has 414 valence electrons. The van der Waals surface area contributed by atoms with Gasteiger partial charge in [-0.05, 0) is 51.4 Å². The molecule has 0 saturated heterocycles. The molecule has 0 saturated carbocycles. The van der Waals surface area contributed by atoms with Crippen LogP contribution in [0.15, 0.2) is 12.2 Å². The van der Waals surface area contributed by atoms with Crippen LogP contribution in [-0.2, 0) is 28.7 Å². The predicted molar refractivity (Wildman–Crippen MR) is 303 cm³/mol. The van der Waals surface area contributed by atoms with E-state index in [1.807, 2.05) is 0 Å². The van der Waals surface area contributed by atoms with Crippen LogP contribution >= 0.6 is 0 Å². The Morgan fingerprint density at radius 3 is 0.543 bits per heavy atom. The number of unbranched alkanes of at least 4 members (excludes halogenated alkanes) is 45. The second-order valence-corrected chi connectivity index (χ2v) is 21.3.